The Morgan fingerprint density at radius 2 is 1.87 bits per heavy atom. The Balaban J connectivity index is 1.61. The molecule has 0 radical (unpaired) electrons. The molecule has 154 valence electrons. The summed E-state index contributed by atoms with van der Waals surface area (Å²) in [7, 11) is 0. The fourth-order valence-electron chi connectivity index (χ4n) is 4.93. The highest BCUT2D eigenvalue weighted by molar-refractivity contribution is 7.80. The third kappa shape index (κ3) is 3.49. The van der Waals surface area contributed by atoms with Gasteiger partial charge in [0.15, 0.2) is 5.11 Å². The highest BCUT2D eigenvalue weighted by Gasteiger charge is 2.44. The molecule has 2 atom stereocenters. The van der Waals surface area contributed by atoms with Crippen molar-refractivity contribution in [2.75, 3.05) is 0 Å². The highest BCUT2D eigenvalue weighted by Crippen LogP contribution is 2.43. The van der Waals surface area contributed by atoms with Crippen LogP contribution in [0.15, 0.2) is 67.0 Å². The third-order valence-electron chi connectivity index (χ3n) is 6.27. The lowest BCUT2D eigenvalue weighted by Crippen LogP contribution is -2.40. The van der Waals surface area contributed by atoms with E-state index in [0.717, 1.165) is 35.0 Å². The molecular formula is C24H25FN4S. The van der Waals surface area contributed by atoms with Crippen molar-refractivity contribution in [2.24, 2.45) is 0 Å². The molecule has 0 bridgehead atoms. The van der Waals surface area contributed by atoms with Gasteiger partial charge in [0.2, 0.25) is 0 Å². The van der Waals surface area contributed by atoms with Crippen molar-refractivity contribution >= 4 is 17.3 Å². The standard InChI is InChI=1S/C24H25FN4S/c25-17-8-6-11-19(16-17)28-15-7-13-21(28)23-22(20-12-4-5-14-26-20)27-24(30)29(23)18-9-2-1-3-10-18/h4-8,11-16,18,22-23H,1-3,9-10H2,(H,27,30)/t22-,23+/m1/s1. The highest BCUT2D eigenvalue weighted by atomic mass is 32.1. The number of nitrogens with zero attached hydrogens (tertiary/aromatic N) is 3. The summed E-state index contributed by atoms with van der Waals surface area (Å²) in [5.74, 6) is -0.238. The largest absolute Gasteiger partial charge is 0.352 e. The van der Waals surface area contributed by atoms with Gasteiger partial charge in [0.25, 0.3) is 0 Å². The Bertz CT molecular complexity index is 1030. The number of halogens is 1. The van der Waals surface area contributed by atoms with E-state index < -0.39 is 0 Å². The SMILES string of the molecule is Fc1cccc(-n2cccc2[C@H]2[C@@H](c3ccccn3)NC(=S)N2C2CCCCC2)c1. The lowest BCUT2D eigenvalue weighted by atomic mass is 9.92. The molecule has 6 heteroatoms. The van der Waals surface area contributed by atoms with E-state index in [1.165, 1.54) is 25.3 Å². The van der Waals surface area contributed by atoms with E-state index in [1.807, 2.05) is 42.7 Å². The quantitative estimate of drug-likeness (QED) is 0.580. The zero-order valence-electron chi connectivity index (χ0n) is 16.7. The van der Waals surface area contributed by atoms with Crippen LogP contribution in [0, 0.1) is 5.82 Å². The molecule has 4 nitrogen and oxygen atoms in total. The predicted molar refractivity (Wildman–Crippen MR) is 120 cm³/mol. The summed E-state index contributed by atoms with van der Waals surface area (Å²) in [4.78, 5) is 7.02. The first-order chi connectivity index (χ1) is 14.7. The van der Waals surface area contributed by atoms with Gasteiger partial charge in [-0.25, -0.2) is 4.39 Å². The smallest absolute Gasteiger partial charge is 0.170 e. The van der Waals surface area contributed by atoms with Crippen LogP contribution in [0.1, 0.15) is 55.6 Å². The second-order valence-corrected chi connectivity index (χ2v) is 8.50. The van der Waals surface area contributed by atoms with Crippen molar-refractivity contribution in [2.45, 2.75) is 50.2 Å². The van der Waals surface area contributed by atoms with E-state index in [1.54, 1.807) is 12.1 Å². The molecule has 1 N–H and O–H groups in total. The molecule has 5 rings (SSSR count). The molecule has 1 saturated heterocycles. The summed E-state index contributed by atoms with van der Waals surface area (Å²) in [6.45, 7) is 0. The van der Waals surface area contributed by atoms with Gasteiger partial charge >= 0.3 is 0 Å². The third-order valence-corrected chi connectivity index (χ3v) is 6.60. The van der Waals surface area contributed by atoms with Crippen molar-refractivity contribution in [1.82, 2.24) is 19.8 Å². The van der Waals surface area contributed by atoms with Gasteiger partial charge in [0, 0.05) is 29.8 Å². The molecule has 3 aromatic rings. The average Bonchev–Trinajstić information content (AvgIpc) is 3.39. The van der Waals surface area contributed by atoms with Gasteiger partial charge in [-0.1, -0.05) is 31.4 Å². The molecular weight excluding hydrogens is 395 g/mol. The molecule has 0 spiro atoms. The average molecular weight is 421 g/mol. The maximum atomic E-state index is 14.0. The number of nitrogens with one attached hydrogen (secondary N) is 1. The lowest BCUT2D eigenvalue weighted by molar-refractivity contribution is 0.193. The number of rotatable bonds is 4. The summed E-state index contributed by atoms with van der Waals surface area (Å²) in [6, 6.07) is 17.2. The van der Waals surface area contributed by atoms with E-state index in [4.69, 9.17) is 12.2 Å². The van der Waals surface area contributed by atoms with Crippen LogP contribution < -0.4 is 5.32 Å². The molecule has 3 heterocycles. The lowest BCUT2D eigenvalue weighted by Gasteiger charge is -2.37. The van der Waals surface area contributed by atoms with Crippen molar-refractivity contribution in [3.8, 4) is 5.69 Å². The molecule has 0 unspecified atom stereocenters. The maximum Gasteiger partial charge on any atom is 0.170 e. The Morgan fingerprint density at radius 3 is 2.63 bits per heavy atom. The molecule has 1 aliphatic carbocycles. The van der Waals surface area contributed by atoms with Crippen molar-refractivity contribution < 1.29 is 4.39 Å². The minimum atomic E-state index is -0.238. The molecule has 2 aliphatic rings. The fourth-order valence-corrected chi connectivity index (χ4v) is 5.32. The summed E-state index contributed by atoms with van der Waals surface area (Å²) in [6.07, 6.45) is 9.87. The van der Waals surface area contributed by atoms with Gasteiger partial charge in [-0.15, -0.1) is 0 Å². The topological polar surface area (TPSA) is 33.1 Å². The second kappa shape index (κ2) is 8.19. The van der Waals surface area contributed by atoms with Crippen LogP contribution in [-0.4, -0.2) is 25.6 Å². The van der Waals surface area contributed by atoms with E-state index >= 15 is 0 Å². The first kappa shape index (κ1) is 19.2. The van der Waals surface area contributed by atoms with Crippen LogP contribution in [0.4, 0.5) is 4.39 Å². The summed E-state index contributed by atoms with van der Waals surface area (Å²) >= 11 is 5.85. The monoisotopic (exact) mass is 420 g/mol. The van der Waals surface area contributed by atoms with Crippen LogP contribution in [0.25, 0.3) is 5.69 Å². The number of aromatic nitrogens is 2. The van der Waals surface area contributed by atoms with Crippen molar-refractivity contribution in [1.29, 1.82) is 0 Å². The number of benzene rings is 1. The number of hydrogen-bond acceptors (Lipinski definition) is 2. The molecule has 1 aromatic carbocycles. The molecule has 1 saturated carbocycles. The summed E-state index contributed by atoms with van der Waals surface area (Å²) in [5, 5.41) is 4.34. The van der Waals surface area contributed by atoms with Crippen LogP contribution in [0.5, 0.6) is 0 Å². The number of pyridine rings is 1. The number of thiocarbonyl (C=S) groups is 1. The van der Waals surface area contributed by atoms with Crippen LogP contribution >= 0.6 is 12.2 Å². The Kier molecular flexibility index (Phi) is 5.25. The van der Waals surface area contributed by atoms with Crippen molar-refractivity contribution in [3.05, 3.63) is 84.2 Å². The summed E-state index contributed by atoms with van der Waals surface area (Å²) < 4.78 is 16.1. The van der Waals surface area contributed by atoms with Crippen LogP contribution in [-0.2, 0) is 0 Å². The van der Waals surface area contributed by atoms with E-state index in [-0.39, 0.29) is 17.9 Å². The number of hydrogen-bond donors (Lipinski definition) is 1. The van der Waals surface area contributed by atoms with Gasteiger partial charge in [0.05, 0.1) is 17.8 Å². The van der Waals surface area contributed by atoms with Gasteiger partial charge in [-0.3, -0.25) is 4.98 Å². The zero-order chi connectivity index (χ0) is 20.5. The Morgan fingerprint density at radius 1 is 1.00 bits per heavy atom. The van der Waals surface area contributed by atoms with E-state index in [9.17, 15) is 4.39 Å². The molecule has 2 aromatic heterocycles. The van der Waals surface area contributed by atoms with Gasteiger partial charge in [0.1, 0.15) is 5.82 Å². The fraction of sp³-hybridized carbons (Fsp3) is 0.333. The Labute approximate surface area is 181 Å². The molecule has 30 heavy (non-hydrogen) atoms. The van der Waals surface area contributed by atoms with Gasteiger partial charge in [-0.2, -0.15) is 0 Å². The first-order valence-electron chi connectivity index (χ1n) is 10.7. The molecule has 2 fully saturated rings. The second-order valence-electron chi connectivity index (χ2n) is 8.11. The Hall–Kier alpha value is -2.73. The molecule has 0 amide bonds. The van der Waals surface area contributed by atoms with E-state index in [0.29, 0.717) is 6.04 Å². The predicted octanol–water partition coefficient (Wildman–Crippen LogP) is 5.32. The van der Waals surface area contributed by atoms with Crippen molar-refractivity contribution in [3.63, 3.8) is 0 Å². The zero-order valence-corrected chi connectivity index (χ0v) is 17.6. The van der Waals surface area contributed by atoms with Gasteiger partial charge in [-0.05, 0) is 67.5 Å². The van der Waals surface area contributed by atoms with Crippen LogP contribution in [0.3, 0.4) is 0 Å². The van der Waals surface area contributed by atoms with Gasteiger partial charge < -0.3 is 14.8 Å². The minimum Gasteiger partial charge on any atom is -0.352 e. The first-order valence-corrected chi connectivity index (χ1v) is 11.1. The van der Waals surface area contributed by atoms with Crippen LogP contribution in [0.2, 0.25) is 0 Å². The maximum absolute atomic E-state index is 14.0. The summed E-state index contributed by atoms with van der Waals surface area (Å²) in [5.41, 5.74) is 2.88. The normalized spacial score (nSPS) is 22.3. The van der Waals surface area contributed by atoms with E-state index in [2.05, 4.69) is 25.8 Å². The molecule has 1 aliphatic heterocycles. The minimum absolute atomic E-state index is 0.00577.